The Labute approximate surface area is 54.8 Å². The summed E-state index contributed by atoms with van der Waals surface area (Å²) >= 11 is 1.85. The van der Waals surface area contributed by atoms with Crippen molar-refractivity contribution in [2.45, 2.75) is 19.8 Å². The fourth-order valence-corrected chi connectivity index (χ4v) is 1.13. The van der Waals surface area contributed by atoms with E-state index >= 15 is 0 Å². The summed E-state index contributed by atoms with van der Waals surface area (Å²) in [6, 6.07) is 0. The average molecular weight is 132 g/mol. The van der Waals surface area contributed by atoms with Gasteiger partial charge in [0.2, 0.25) is 0 Å². The summed E-state index contributed by atoms with van der Waals surface area (Å²) in [5, 5.41) is 0. The normalized spacial score (nSPS) is 9.12. The molecule has 0 fully saturated rings. The summed E-state index contributed by atoms with van der Waals surface area (Å²) in [5.74, 6) is 2.19. The maximum Gasteiger partial charge on any atom is 0.120 e. The van der Waals surface area contributed by atoms with E-state index in [1.807, 2.05) is 11.8 Å². The van der Waals surface area contributed by atoms with E-state index in [1.165, 1.54) is 12.2 Å². The minimum atomic E-state index is 0.713. The molecule has 48 valence electrons. The van der Waals surface area contributed by atoms with Crippen molar-refractivity contribution in [3.8, 4) is 0 Å². The van der Waals surface area contributed by atoms with Crippen LogP contribution in [0.1, 0.15) is 19.8 Å². The SMILES string of the molecule is CCCSCCC=O. The minimum absolute atomic E-state index is 0.713. The van der Waals surface area contributed by atoms with Crippen molar-refractivity contribution in [1.29, 1.82) is 0 Å². The first kappa shape index (κ1) is 8.02. The van der Waals surface area contributed by atoms with Crippen LogP contribution in [-0.4, -0.2) is 17.8 Å². The van der Waals surface area contributed by atoms with E-state index in [0.717, 1.165) is 12.0 Å². The lowest BCUT2D eigenvalue weighted by atomic mass is 10.6. The summed E-state index contributed by atoms with van der Waals surface area (Å²) in [7, 11) is 0. The highest BCUT2D eigenvalue weighted by Gasteiger charge is 1.83. The van der Waals surface area contributed by atoms with E-state index in [-0.39, 0.29) is 0 Å². The Kier molecular flexibility index (Phi) is 7.04. The summed E-state index contributed by atoms with van der Waals surface area (Å²) in [4.78, 5) is 9.75. The standard InChI is InChI=1S/C6H12OS/c1-2-5-8-6-3-4-7/h4H,2-3,5-6H2,1H3. The Balaban J connectivity index is 2.62. The van der Waals surface area contributed by atoms with Gasteiger partial charge in [-0.15, -0.1) is 0 Å². The molecule has 8 heavy (non-hydrogen) atoms. The van der Waals surface area contributed by atoms with Crippen molar-refractivity contribution in [2.24, 2.45) is 0 Å². The lowest BCUT2D eigenvalue weighted by molar-refractivity contribution is -0.107. The van der Waals surface area contributed by atoms with Crippen LogP contribution in [-0.2, 0) is 4.79 Å². The van der Waals surface area contributed by atoms with Crippen molar-refractivity contribution in [2.75, 3.05) is 11.5 Å². The van der Waals surface area contributed by atoms with Gasteiger partial charge < -0.3 is 4.79 Å². The quantitative estimate of drug-likeness (QED) is 0.418. The van der Waals surface area contributed by atoms with Crippen molar-refractivity contribution in [3.05, 3.63) is 0 Å². The fourth-order valence-electron chi connectivity index (χ4n) is 0.378. The Morgan fingerprint density at radius 1 is 1.50 bits per heavy atom. The first-order chi connectivity index (χ1) is 3.91. The summed E-state index contributed by atoms with van der Waals surface area (Å²) in [6.45, 7) is 2.15. The molecule has 0 heterocycles. The fraction of sp³-hybridized carbons (Fsp3) is 0.833. The van der Waals surface area contributed by atoms with E-state index in [1.54, 1.807) is 0 Å². The zero-order valence-corrected chi connectivity index (χ0v) is 6.04. The second-order valence-electron chi connectivity index (χ2n) is 1.57. The molecule has 0 aliphatic carbocycles. The molecule has 0 rings (SSSR count). The van der Waals surface area contributed by atoms with Gasteiger partial charge in [-0.2, -0.15) is 11.8 Å². The third-order valence-corrected chi connectivity index (χ3v) is 1.95. The summed E-state index contributed by atoms with van der Waals surface area (Å²) in [6.07, 6.45) is 2.90. The molecule has 0 N–H and O–H groups in total. The monoisotopic (exact) mass is 132 g/mol. The third-order valence-electron chi connectivity index (χ3n) is 0.729. The smallest absolute Gasteiger partial charge is 0.120 e. The zero-order valence-electron chi connectivity index (χ0n) is 5.22. The highest BCUT2D eigenvalue weighted by molar-refractivity contribution is 7.99. The van der Waals surface area contributed by atoms with Gasteiger partial charge in [0.05, 0.1) is 0 Å². The third kappa shape index (κ3) is 6.02. The highest BCUT2D eigenvalue weighted by atomic mass is 32.2. The molecule has 1 nitrogen and oxygen atoms in total. The lowest BCUT2D eigenvalue weighted by Crippen LogP contribution is -1.81. The number of hydrogen-bond donors (Lipinski definition) is 0. The number of thioether (sulfide) groups is 1. The van der Waals surface area contributed by atoms with E-state index in [9.17, 15) is 4.79 Å². The van der Waals surface area contributed by atoms with Crippen LogP contribution in [0.5, 0.6) is 0 Å². The molecule has 0 aliphatic heterocycles. The van der Waals surface area contributed by atoms with Gasteiger partial charge >= 0.3 is 0 Å². The molecular weight excluding hydrogens is 120 g/mol. The molecule has 0 aromatic carbocycles. The largest absolute Gasteiger partial charge is 0.303 e. The van der Waals surface area contributed by atoms with Crippen LogP contribution >= 0.6 is 11.8 Å². The molecule has 0 unspecified atom stereocenters. The summed E-state index contributed by atoms with van der Waals surface area (Å²) < 4.78 is 0. The van der Waals surface area contributed by atoms with Gasteiger partial charge in [-0.05, 0) is 17.9 Å². The van der Waals surface area contributed by atoms with Crippen LogP contribution in [0.3, 0.4) is 0 Å². The van der Waals surface area contributed by atoms with Gasteiger partial charge in [0.25, 0.3) is 0 Å². The molecular formula is C6H12OS. The van der Waals surface area contributed by atoms with E-state index < -0.39 is 0 Å². The summed E-state index contributed by atoms with van der Waals surface area (Å²) in [5.41, 5.74) is 0. The Morgan fingerprint density at radius 3 is 2.75 bits per heavy atom. The second kappa shape index (κ2) is 7.02. The van der Waals surface area contributed by atoms with E-state index in [2.05, 4.69) is 6.92 Å². The van der Waals surface area contributed by atoms with Crippen molar-refractivity contribution in [3.63, 3.8) is 0 Å². The molecule has 0 saturated carbocycles. The van der Waals surface area contributed by atoms with Gasteiger partial charge in [0, 0.05) is 6.42 Å². The molecule has 0 aromatic heterocycles. The second-order valence-corrected chi connectivity index (χ2v) is 2.79. The Bertz CT molecular complexity index is 54.5. The molecule has 0 bridgehead atoms. The Morgan fingerprint density at radius 2 is 2.25 bits per heavy atom. The lowest BCUT2D eigenvalue weighted by Gasteiger charge is -1.90. The van der Waals surface area contributed by atoms with Crippen molar-refractivity contribution >= 4 is 18.0 Å². The molecule has 0 radical (unpaired) electrons. The van der Waals surface area contributed by atoms with Crippen LogP contribution in [0.2, 0.25) is 0 Å². The number of carbonyl (C=O) groups excluding carboxylic acids is 1. The topological polar surface area (TPSA) is 17.1 Å². The average Bonchev–Trinajstić information content (AvgIpc) is 1.81. The van der Waals surface area contributed by atoms with Gasteiger partial charge in [-0.1, -0.05) is 6.92 Å². The van der Waals surface area contributed by atoms with Crippen LogP contribution in [0.4, 0.5) is 0 Å². The molecule has 0 atom stereocenters. The van der Waals surface area contributed by atoms with Crippen LogP contribution in [0.25, 0.3) is 0 Å². The Hall–Kier alpha value is 0.0200. The van der Waals surface area contributed by atoms with Gasteiger partial charge in [-0.25, -0.2) is 0 Å². The molecule has 0 spiro atoms. The highest BCUT2D eigenvalue weighted by Crippen LogP contribution is 2.01. The van der Waals surface area contributed by atoms with Crippen LogP contribution < -0.4 is 0 Å². The number of hydrogen-bond acceptors (Lipinski definition) is 2. The number of aldehydes is 1. The van der Waals surface area contributed by atoms with Gasteiger partial charge in [-0.3, -0.25) is 0 Å². The first-order valence-corrected chi connectivity index (χ1v) is 4.08. The van der Waals surface area contributed by atoms with E-state index in [0.29, 0.717) is 6.42 Å². The molecule has 2 heteroatoms. The van der Waals surface area contributed by atoms with Crippen LogP contribution in [0.15, 0.2) is 0 Å². The van der Waals surface area contributed by atoms with Crippen molar-refractivity contribution in [1.82, 2.24) is 0 Å². The van der Waals surface area contributed by atoms with Gasteiger partial charge in [0.1, 0.15) is 6.29 Å². The van der Waals surface area contributed by atoms with Crippen molar-refractivity contribution < 1.29 is 4.79 Å². The maximum absolute atomic E-state index is 9.75. The predicted molar refractivity (Wildman–Crippen MR) is 38.3 cm³/mol. The molecule has 0 aromatic rings. The number of rotatable bonds is 5. The minimum Gasteiger partial charge on any atom is -0.303 e. The van der Waals surface area contributed by atoms with Crippen LogP contribution in [0, 0.1) is 0 Å². The maximum atomic E-state index is 9.75. The first-order valence-electron chi connectivity index (χ1n) is 2.93. The zero-order chi connectivity index (χ0) is 6.24. The predicted octanol–water partition coefficient (Wildman–Crippen LogP) is 1.72. The molecule has 0 saturated heterocycles. The molecule has 0 aliphatic rings. The van der Waals surface area contributed by atoms with Gasteiger partial charge in [0.15, 0.2) is 0 Å². The molecule has 0 amide bonds. The number of carbonyl (C=O) groups is 1. The van der Waals surface area contributed by atoms with E-state index in [4.69, 9.17) is 0 Å².